The molecule has 0 saturated heterocycles. The van der Waals surface area contributed by atoms with E-state index in [1.807, 2.05) is 13.0 Å². The molecule has 2 N–H and O–H groups in total. The lowest BCUT2D eigenvalue weighted by Crippen LogP contribution is -2.34. The molecule has 2 aromatic rings. The van der Waals surface area contributed by atoms with Crippen molar-refractivity contribution < 1.29 is 0 Å². The van der Waals surface area contributed by atoms with Crippen molar-refractivity contribution in [3.05, 3.63) is 136 Å². The van der Waals surface area contributed by atoms with Gasteiger partial charge in [0.15, 0.2) is 0 Å². The lowest BCUT2D eigenvalue weighted by atomic mass is 9.63. The summed E-state index contributed by atoms with van der Waals surface area (Å²) in [5, 5.41) is 0. The van der Waals surface area contributed by atoms with Crippen molar-refractivity contribution in [1.82, 2.24) is 0 Å². The maximum Gasteiger partial charge on any atom is 0.0538 e. The Kier molecular flexibility index (Phi) is 4.74. The molecule has 2 heteroatoms. The highest BCUT2D eigenvalue weighted by atomic mass is 14.6. The minimum Gasteiger partial charge on any atom is -0.399 e. The van der Waals surface area contributed by atoms with E-state index < -0.39 is 0 Å². The van der Waals surface area contributed by atoms with Crippen molar-refractivity contribution in [2.24, 2.45) is 16.6 Å². The Bertz CT molecular complexity index is 1300. The van der Waals surface area contributed by atoms with E-state index in [2.05, 4.69) is 98.0 Å². The van der Waals surface area contributed by atoms with Gasteiger partial charge in [0.05, 0.1) is 5.41 Å². The number of hydrogen-bond acceptors (Lipinski definition) is 2. The van der Waals surface area contributed by atoms with E-state index in [1.165, 1.54) is 39.0 Å². The zero-order chi connectivity index (χ0) is 22.5. The van der Waals surface area contributed by atoms with Crippen LogP contribution < -0.4 is 5.73 Å². The van der Waals surface area contributed by atoms with E-state index in [4.69, 9.17) is 5.73 Å². The van der Waals surface area contributed by atoms with E-state index in [0.29, 0.717) is 0 Å². The molecular weight excluding hydrogens is 388 g/mol. The number of allylic oxidation sites excluding steroid dienone is 9. The summed E-state index contributed by atoms with van der Waals surface area (Å²) in [5.41, 5.74) is 16.9. The average molecular weight is 417 g/mol. The van der Waals surface area contributed by atoms with Crippen LogP contribution in [0.3, 0.4) is 0 Å². The fraction of sp³-hybridized carbons (Fsp3) is 0.167. The molecular formula is C30H28N2. The van der Waals surface area contributed by atoms with Gasteiger partial charge in [-0.1, -0.05) is 78.9 Å². The third-order valence-corrected chi connectivity index (χ3v) is 7.42. The van der Waals surface area contributed by atoms with Crippen LogP contribution in [0.15, 0.2) is 119 Å². The highest BCUT2D eigenvalue weighted by molar-refractivity contribution is 5.93. The first-order valence-electron chi connectivity index (χ1n) is 11.1. The van der Waals surface area contributed by atoms with Crippen molar-refractivity contribution in [2.75, 3.05) is 0 Å². The maximum absolute atomic E-state index is 6.38. The zero-order valence-corrected chi connectivity index (χ0v) is 18.7. The molecule has 2 aromatic carbocycles. The molecule has 0 aromatic heterocycles. The molecule has 5 rings (SSSR count). The Balaban J connectivity index is 1.86. The van der Waals surface area contributed by atoms with Crippen LogP contribution in [-0.2, 0) is 5.41 Å². The summed E-state index contributed by atoms with van der Waals surface area (Å²) in [6.45, 7) is 12.4. The third-order valence-electron chi connectivity index (χ3n) is 7.42. The van der Waals surface area contributed by atoms with Gasteiger partial charge in [0, 0.05) is 23.7 Å². The van der Waals surface area contributed by atoms with Gasteiger partial charge in [-0.2, -0.15) is 0 Å². The van der Waals surface area contributed by atoms with Crippen LogP contribution in [0.2, 0.25) is 0 Å². The smallest absolute Gasteiger partial charge is 0.0538 e. The molecule has 1 spiro atoms. The average Bonchev–Trinajstić information content (AvgIpc) is 3.25. The highest BCUT2D eigenvalue weighted by Crippen LogP contribution is 2.67. The second-order valence-electron chi connectivity index (χ2n) is 8.77. The first-order valence-corrected chi connectivity index (χ1v) is 11.1. The second-order valence-corrected chi connectivity index (χ2v) is 8.77. The Morgan fingerprint density at radius 3 is 2.56 bits per heavy atom. The molecule has 158 valence electrons. The number of rotatable bonds is 3. The molecule has 3 unspecified atom stereocenters. The normalized spacial score (nSPS) is 27.4. The molecule has 3 atom stereocenters. The lowest BCUT2D eigenvalue weighted by Gasteiger charge is -2.38. The van der Waals surface area contributed by atoms with Gasteiger partial charge in [0.1, 0.15) is 0 Å². The molecule has 3 aliphatic rings. The van der Waals surface area contributed by atoms with Crippen LogP contribution in [0.1, 0.15) is 42.0 Å². The van der Waals surface area contributed by atoms with Gasteiger partial charge in [0.25, 0.3) is 0 Å². The van der Waals surface area contributed by atoms with Gasteiger partial charge >= 0.3 is 0 Å². The summed E-state index contributed by atoms with van der Waals surface area (Å²) in [5.74, 6) is 0.514. The third kappa shape index (κ3) is 2.56. The Morgan fingerprint density at radius 1 is 1.09 bits per heavy atom. The first-order chi connectivity index (χ1) is 15.6. The van der Waals surface area contributed by atoms with Crippen molar-refractivity contribution in [3.63, 3.8) is 0 Å². The summed E-state index contributed by atoms with van der Waals surface area (Å²) in [7, 11) is 0. The predicted molar refractivity (Wildman–Crippen MR) is 135 cm³/mol. The SMILES string of the molecule is C=N/C=C\C1=C(C)C2c3ccccc3C3(/C(=C/C(N)=C\C)C(=C)c4ccccc43)C2C=C1. The number of benzene rings is 2. The van der Waals surface area contributed by atoms with Gasteiger partial charge in [-0.25, -0.2) is 0 Å². The topological polar surface area (TPSA) is 38.4 Å². The zero-order valence-electron chi connectivity index (χ0n) is 18.7. The van der Waals surface area contributed by atoms with Gasteiger partial charge in [-0.3, -0.25) is 4.99 Å². The first kappa shape index (κ1) is 20.3. The van der Waals surface area contributed by atoms with E-state index in [9.17, 15) is 0 Å². The van der Waals surface area contributed by atoms with E-state index in [0.717, 1.165) is 11.3 Å². The molecule has 0 saturated carbocycles. The van der Waals surface area contributed by atoms with Crippen LogP contribution >= 0.6 is 0 Å². The number of aliphatic imine (C=N–C) groups is 1. The van der Waals surface area contributed by atoms with Gasteiger partial charge in [-0.15, -0.1) is 0 Å². The standard InChI is InChI=1S/C30H28N2/c1-5-22(31)18-28-20(3)23-10-6-8-12-25(23)30(28)26-13-9-7-11-24(26)29-19(2)21(16-17-32-4)14-15-27(29)30/h5-18,27,29H,3-4,31H2,1-2H3/b17-16-,22-5+,28-18+. The van der Waals surface area contributed by atoms with Crippen molar-refractivity contribution >= 4 is 12.3 Å². The maximum atomic E-state index is 6.38. The number of fused-ring (bicyclic) bond motifs is 7. The second kappa shape index (κ2) is 7.49. The largest absolute Gasteiger partial charge is 0.399 e. The fourth-order valence-electron chi connectivity index (χ4n) is 6.07. The van der Waals surface area contributed by atoms with E-state index in [-0.39, 0.29) is 17.3 Å². The molecule has 32 heavy (non-hydrogen) atoms. The molecule has 0 heterocycles. The molecule has 0 fully saturated rings. The van der Waals surface area contributed by atoms with Gasteiger partial charge < -0.3 is 5.73 Å². The molecule has 0 radical (unpaired) electrons. The van der Waals surface area contributed by atoms with Crippen molar-refractivity contribution in [3.8, 4) is 0 Å². The predicted octanol–water partition coefficient (Wildman–Crippen LogP) is 6.60. The van der Waals surface area contributed by atoms with Crippen LogP contribution in [0, 0.1) is 5.92 Å². The molecule has 0 bridgehead atoms. The summed E-state index contributed by atoms with van der Waals surface area (Å²) < 4.78 is 0. The summed E-state index contributed by atoms with van der Waals surface area (Å²) in [6.07, 6.45) is 12.6. The van der Waals surface area contributed by atoms with Crippen LogP contribution in [0.4, 0.5) is 0 Å². The molecule has 0 aliphatic heterocycles. The number of hydrogen-bond donors (Lipinski definition) is 1. The summed E-state index contributed by atoms with van der Waals surface area (Å²) >= 11 is 0. The van der Waals surface area contributed by atoms with E-state index in [1.54, 1.807) is 6.20 Å². The van der Waals surface area contributed by atoms with Crippen LogP contribution in [0.5, 0.6) is 0 Å². The molecule has 0 amide bonds. The minimum absolute atomic E-state index is 0.241. The summed E-state index contributed by atoms with van der Waals surface area (Å²) in [4.78, 5) is 3.92. The Labute approximate surface area is 190 Å². The quantitative estimate of drug-likeness (QED) is 0.562. The monoisotopic (exact) mass is 416 g/mol. The highest BCUT2D eigenvalue weighted by Gasteiger charge is 2.59. The van der Waals surface area contributed by atoms with Gasteiger partial charge in [0.2, 0.25) is 0 Å². The summed E-state index contributed by atoms with van der Waals surface area (Å²) in [6, 6.07) is 17.6. The Hall–Kier alpha value is -3.65. The Morgan fingerprint density at radius 2 is 1.81 bits per heavy atom. The van der Waals surface area contributed by atoms with Crippen molar-refractivity contribution in [1.29, 1.82) is 0 Å². The minimum atomic E-state index is -0.313. The lowest BCUT2D eigenvalue weighted by molar-refractivity contribution is 0.453. The van der Waals surface area contributed by atoms with E-state index >= 15 is 0 Å². The van der Waals surface area contributed by atoms with Gasteiger partial charge in [-0.05, 0) is 71.7 Å². The molecule has 2 nitrogen and oxygen atoms in total. The fourth-order valence-corrected chi connectivity index (χ4v) is 6.07. The molecule has 3 aliphatic carbocycles. The van der Waals surface area contributed by atoms with Crippen LogP contribution in [0.25, 0.3) is 5.57 Å². The number of nitrogens with two attached hydrogens (primary N) is 1. The van der Waals surface area contributed by atoms with Crippen LogP contribution in [-0.4, -0.2) is 6.72 Å². The number of nitrogens with zero attached hydrogens (tertiary/aromatic N) is 1. The van der Waals surface area contributed by atoms with Crippen molar-refractivity contribution in [2.45, 2.75) is 25.2 Å².